The van der Waals surface area contributed by atoms with Gasteiger partial charge in [-0.15, -0.1) is 0 Å². The Morgan fingerprint density at radius 3 is 2.11 bits per heavy atom. The van der Waals surface area contributed by atoms with E-state index >= 15 is 0 Å². The Bertz CT molecular complexity index is 878. The Morgan fingerprint density at radius 1 is 0.963 bits per heavy atom. The molecule has 7 heteroatoms. The Hall–Kier alpha value is -2.25. The van der Waals surface area contributed by atoms with Crippen LogP contribution in [0.5, 0.6) is 0 Å². The molecule has 0 aliphatic rings. The molecule has 2 aromatic rings. The molecule has 0 aliphatic heterocycles. The largest absolute Gasteiger partial charge is 0.335 e. The van der Waals surface area contributed by atoms with Crippen LogP contribution >= 0.6 is 0 Å². The molecule has 0 unspecified atom stereocenters. The fourth-order valence-electron chi connectivity index (χ4n) is 2.85. The highest BCUT2D eigenvalue weighted by Gasteiger charge is 2.22. The van der Waals surface area contributed by atoms with E-state index in [1.807, 2.05) is 6.92 Å². The van der Waals surface area contributed by atoms with Crippen LogP contribution in [-0.4, -0.2) is 43.2 Å². The summed E-state index contributed by atoms with van der Waals surface area (Å²) in [6, 6.07) is 12.1. The molecule has 0 radical (unpaired) electrons. The highest BCUT2D eigenvalue weighted by atomic mass is 32.2. The van der Waals surface area contributed by atoms with E-state index < -0.39 is 10.0 Å². The van der Waals surface area contributed by atoms with Gasteiger partial charge in [0.25, 0.3) is 5.91 Å². The average molecular weight is 392 g/mol. The molecule has 0 bridgehead atoms. The molecule has 5 nitrogen and oxygen atoms in total. The van der Waals surface area contributed by atoms with Crippen LogP contribution < -0.4 is 0 Å². The van der Waals surface area contributed by atoms with Crippen molar-refractivity contribution in [1.29, 1.82) is 0 Å². The lowest BCUT2D eigenvalue weighted by molar-refractivity contribution is 0.0752. The molecule has 0 fully saturated rings. The summed E-state index contributed by atoms with van der Waals surface area (Å²) in [6.07, 6.45) is 0. The lowest BCUT2D eigenvalue weighted by Crippen LogP contribution is -2.31. The minimum atomic E-state index is -3.56. The molecule has 0 saturated heterocycles. The number of halogens is 1. The summed E-state index contributed by atoms with van der Waals surface area (Å²) in [6.45, 7) is 6.92. The van der Waals surface area contributed by atoms with Crippen molar-refractivity contribution < 1.29 is 17.6 Å². The van der Waals surface area contributed by atoms with Gasteiger partial charge in [-0.3, -0.25) is 4.79 Å². The summed E-state index contributed by atoms with van der Waals surface area (Å²) in [7, 11) is -3.56. The average Bonchev–Trinajstić information content (AvgIpc) is 2.66. The second-order valence-corrected chi connectivity index (χ2v) is 8.00. The second-order valence-electron chi connectivity index (χ2n) is 6.06. The Kier molecular flexibility index (Phi) is 7.10. The van der Waals surface area contributed by atoms with Gasteiger partial charge in [0.2, 0.25) is 10.0 Å². The summed E-state index contributed by atoms with van der Waals surface area (Å²) in [4.78, 5) is 14.5. The van der Waals surface area contributed by atoms with Gasteiger partial charge in [0, 0.05) is 31.7 Å². The minimum absolute atomic E-state index is 0.163. The first-order chi connectivity index (χ1) is 12.8. The van der Waals surface area contributed by atoms with E-state index in [2.05, 4.69) is 0 Å². The zero-order valence-corrected chi connectivity index (χ0v) is 16.7. The van der Waals surface area contributed by atoms with E-state index in [-0.39, 0.29) is 23.2 Å². The van der Waals surface area contributed by atoms with Crippen LogP contribution in [-0.2, 0) is 16.6 Å². The van der Waals surface area contributed by atoms with Gasteiger partial charge in [-0.2, -0.15) is 4.31 Å². The second kappa shape index (κ2) is 9.10. The first kappa shape index (κ1) is 21.1. The van der Waals surface area contributed by atoms with Crippen LogP contribution in [0.2, 0.25) is 0 Å². The van der Waals surface area contributed by atoms with Crippen molar-refractivity contribution >= 4 is 15.9 Å². The quantitative estimate of drug-likeness (QED) is 0.691. The molecule has 0 aliphatic carbocycles. The highest BCUT2D eigenvalue weighted by Crippen LogP contribution is 2.18. The number of carbonyl (C=O) groups excluding carboxylic acids is 1. The molecule has 2 aromatic carbocycles. The van der Waals surface area contributed by atoms with Crippen LogP contribution in [0.3, 0.4) is 0 Å². The van der Waals surface area contributed by atoms with E-state index in [1.54, 1.807) is 30.9 Å². The number of carbonyl (C=O) groups is 1. The Labute approximate surface area is 160 Å². The van der Waals surface area contributed by atoms with Crippen molar-refractivity contribution in [3.05, 3.63) is 65.5 Å². The lowest BCUT2D eigenvalue weighted by Gasteiger charge is -2.22. The molecule has 0 N–H and O–H groups in total. The molecule has 0 spiro atoms. The van der Waals surface area contributed by atoms with E-state index in [9.17, 15) is 17.6 Å². The van der Waals surface area contributed by atoms with Crippen LogP contribution in [0.1, 0.15) is 36.7 Å². The van der Waals surface area contributed by atoms with Crippen LogP contribution in [0.4, 0.5) is 4.39 Å². The van der Waals surface area contributed by atoms with Crippen LogP contribution in [0.25, 0.3) is 0 Å². The summed E-state index contributed by atoms with van der Waals surface area (Å²) < 4.78 is 39.8. The van der Waals surface area contributed by atoms with Gasteiger partial charge >= 0.3 is 0 Å². The van der Waals surface area contributed by atoms with Crippen LogP contribution in [0.15, 0.2) is 53.4 Å². The monoisotopic (exact) mass is 392 g/mol. The molecular formula is C20H25FN2O3S. The zero-order valence-electron chi connectivity index (χ0n) is 15.9. The third kappa shape index (κ3) is 4.93. The van der Waals surface area contributed by atoms with Crippen molar-refractivity contribution in [2.24, 2.45) is 0 Å². The maximum absolute atomic E-state index is 13.4. The molecule has 0 saturated carbocycles. The summed E-state index contributed by atoms with van der Waals surface area (Å²) in [5.41, 5.74) is 1.10. The molecule has 0 heterocycles. The van der Waals surface area contributed by atoms with E-state index in [4.69, 9.17) is 0 Å². The maximum Gasteiger partial charge on any atom is 0.254 e. The fraction of sp³-hybridized carbons (Fsp3) is 0.350. The predicted octanol–water partition coefficient (Wildman–Crippen LogP) is 3.52. The molecule has 1 amide bonds. The molecular weight excluding hydrogens is 367 g/mol. The van der Waals surface area contributed by atoms with Crippen molar-refractivity contribution in [2.75, 3.05) is 19.6 Å². The first-order valence-electron chi connectivity index (χ1n) is 8.97. The maximum atomic E-state index is 13.4. The molecule has 0 aromatic heterocycles. The van der Waals surface area contributed by atoms with Gasteiger partial charge in [-0.25, -0.2) is 12.8 Å². The third-order valence-corrected chi connectivity index (χ3v) is 6.44. The first-order valence-corrected chi connectivity index (χ1v) is 10.4. The number of hydrogen-bond acceptors (Lipinski definition) is 3. The van der Waals surface area contributed by atoms with Gasteiger partial charge in [0.05, 0.1) is 4.90 Å². The van der Waals surface area contributed by atoms with E-state index in [1.165, 1.54) is 40.7 Å². The summed E-state index contributed by atoms with van der Waals surface area (Å²) in [5.74, 6) is -0.574. The number of hydrogen-bond donors (Lipinski definition) is 0. The van der Waals surface area contributed by atoms with Crippen molar-refractivity contribution in [3.63, 3.8) is 0 Å². The predicted molar refractivity (Wildman–Crippen MR) is 103 cm³/mol. The lowest BCUT2D eigenvalue weighted by atomic mass is 10.1. The standard InChI is InChI=1S/C20H25FN2O3S/c1-4-22(15-16-8-7-9-18(21)14-16)20(24)17-10-12-19(13-11-17)27(25,26)23(5-2)6-3/h7-14H,4-6,15H2,1-3H3. The minimum Gasteiger partial charge on any atom is -0.335 e. The van der Waals surface area contributed by atoms with Crippen molar-refractivity contribution in [3.8, 4) is 0 Å². The molecule has 2 rings (SSSR count). The Morgan fingerprint density at radius 2 is 1.59 bits per heavy atom. The van der Waals surface area contributed by atoms with E-state index in [0.29, 0.717) is 30.8 Å². The van der Waals surface area contributed by atoms with Gasteiger partial charge in [-0.05, 0) is 48.9 Å². The van der Waals surface area contributed by atoms with Gasteiger partial charge in [-0.1, -0.05) is 26.0 Å². The molecule has 146 valence electrons. The van der Waals surface area contributed by atoms with Gasteiger partial charge in [0.1, 0.15) is 5.82 Å². The number of rotatable bonds is 8. The van der Waals surface area contributed by atoms with Gasteiger partial charge in [0.15, 0.2) is 0 Å². The van der Waals surface area contributed by atoms with E-state index in [0.717, 1.165) is 0 Å². The van der Waals surface area contributed by atoms with Crippen molar-refractivity contribution in [1.82, 2.24) is 9.21 Å². The topological polar surface area (TPSA) is 57.7 Å². The number of nitrogens with zero attached hydrogens (tertiary/aromatic N) is 2. The zero-order chi connectivity index (χ0) is 20.0. The van der Waals surface area contributed by atoms with Crippen LogP contribution in [0, 0.1) is 5.82 Å². The number of amides is 1. The number of benzene rings is 2. The highest BCUT2D eigenvalue weighted by molar-refractivity contribution is 7.89. The van der Waals surface area contributed by atoms with Gasteiger partial charge < -0.3 is 4.90 Å². The third-order valence-electron chi connectivity index (χ3n) is 4.38. The fourth-order valence-corrected chi connectivity index (χ4v) is 4.31. The van der Waals surface area contributed by atoms with Crippen molar-refractivity contribution in [2.45, 2.75) is 32.2 Å². The normalized spacial score (nSPS) is 11.6. The summed E-state index contributed by atoms with van der Waals surface area (Å²) in [5, 5.41) is 0. The SMILES string of the molecule is CCN(Cc1cccc(F)c1)C(=O)c1ccc(S(=O)(=O)N(CC)CC)cc1. The molecule has 27 heavy (non-hydrogen) atoms. The molecule has 0 atom stereocenters. The Balaban J connectivity index is 2.20. The smallest absolute Gasteiger partial charge is 0.254 e. The number of sulfonamides is 1. The summed E-state index contributed by atoms with van der Waals surface area (Å²) >= 11 is 0.